The second kappa shape index (κ2) is 19.4. The van der Waals surface area contributed by atoms with Gasteiger partial charge in [0.05, 0.1) is 67.3 Å². The van der Waals surface area contributed by atoms with Crippen molar-refractivity contribution in [3.8, 4) is 5.75 Å². The summed E-state index contributed by atoms with van der Waals surface area (Å²) in [6.07, 6.45) is 0. The Labute approximate surface area is 201 Å². The number of rotatable bonds is 10. The van der Waals surface area contributed by atoms with Crippen molar-refractivity contribution >= 4 is 16.4 Å². The number of hydrogen-bond acceptors (Lipinski definition) is 9. The van der Waals surface area contributed by atoms with E-state index in [9.17, 15) is 18.3 Å². The van der Waals surface area contributed by atoms with Crippen LogP contribution in [0.25, 0.3) is 0 Å². The van der Waals surface area contributed by atoms with Crippen LogP contribution in [0.3, 0.4) is 0 Å². The molecule has 0 atom stereocenters. The number of carbonyl (C=O) groups is 1. The van der Waals surface area contributed by atoms with Gasteiger partial charge in [0.25, 0.3) is 0 Å². The molecule has 0 saturated carbocycles. The van der Waals surface area contributed by atoms with Crippen molar-refractivity contribution in [1.29, 1.82) is 0 Å². The lowest BCUT2D eigenvalue weighted by molar-refractivity contribution is -0.910. The largest absolute Gasteiger partial charge is 0.872 e. The highest BCUT2D eigenvalue weighted by molar-refractivity contribution is 7.80. The lowest BCUT2D eigenvalue weighted by atomic mass is 10.2. The van der Waals surface area contributed by atoms with Gasteiger partial charge >= 0.3 is 16.4 Å². The average Bonchev–Trinajstić information content (AvgIpc) is 2.68. The fourth-order valence-corrected chi connectivity index (χ4v) is 2.00. The van der Waals surface area contributed by atoms with Crippen LogP contribution in [0, 0.1) is 0 Å². The molecule has 0 spiro atoms. The Kier molecular flexibility index (Phi) is 21.0. The third kappa shape index (κ3) is 24.8. The summed E-state index contributed by atoms with van der Waals surface area (Å²) in [5.74, 6) is -1.62. The minimum absolute atomic E-state index is 0.0938. The van der Waals surface area contributed by atoms with Crippen molar-refractivity contribution in [2.45, 2.75) is 0 Å². The number of likely N-dealkylation sites (N-methyl/N-ethyl adjacent to an activating group) is 2. The van der Waals surface area contributed by atoms with Gasteiger partial charge in [0.2, 0.25) is 0 Å². The van der Waals surface area contributed by atoms with E-state index < -0.39 is 22.1 Å². The van der Waals surface area contributed by atoms with Crippen molar-refractivity contribution < 1.29 is 61.6 Å². The summed E-state index contributed by atoms with van der Waals surface area (Å²) in [5.41, 5.74) is -0.178. The molecule has 0 saturated heterocycles. The summed E-state index contributed by atoms with van der Waals surface area (Å²) in [7, 11) is 4.77. The first-order valence-corrected chi connectivity index (χ1v) is 11.5. The van der Waals surface area contributed by atoms with E-state index in [-0.39, 0.29) is 32.0 Å². The van der Waals surface area contributed by atoms with Gasteiger partial charge in [0, 0.05) is 0 Å². The van der Waals surface area contributed by atoms with Crippen LogP contribution in [0.15, 0.2) is 24.3 Å². The zero-order valence-corrected chi connectivity index (χ0v) is 21.3. The van der Waals surface area contributed by atoms with E-state index in [1.165, 1.54) is 24.3 Å². The monoisotopic (exact) mass is 517 g/mol. The van der Waals surface area contributed by atoms with Crippen LogP contribution < -0.4 is 5.11 Å². The van der Waals surface area contributed by atoms with E-state index in [2.05, 4.69) is 25.3 Å². The molecule has 0 heterocycles. The summed E-state index contributed by atoms with van der Waals surface area (Å²) in [6, 6.07) is 5.54. The second-order valence-corrected chi connectivity index (χ2v) is 9.28. The van der Waals surface area contributed by atoms with Gasteiger partial charge in [-0.1, -0.05) is 23.9 Å². The van der Waals surface area contributed by atoms with Crippen molar-refractivity contribution in [2.75, 3.05) is 87.9 Å². The van der Waals surface area contributed by atoms with E-state index in [0.29, 0.717) is 24.1 Å². The number of aliphatic hydroxyl groups is 4. The van der Waals surface area contributed by atoms with E-state index in [1.807, 2.05) is 7.05 Å². The first-order valence-electron chi connectivity index (χ1n) is 10.1. The van der Waals surface area contributed by atoms with Gasteiger partial charge in [-0.3, -0.25) is 8.74 Å². The smallest absolute Gasteiger partial charge is 0.397 e. The van der Waals surface area contributed by atoms with E-state index in [4.69, 9.17) is 30.1 Å². The Hall–Kier alpha value is -1.88. The molecule has 34 heavy (non-hydrogen) atoms. The number of hydrogen-bond donors (Lipinski definition) is 6. The molecular formula is C20H41N2O11S+. The van der Waals surface area contributed by atoms with Gasteiger partial charge < -0.3 is 39.6 Å². The van der Waals surface area contributed by atoms with Gasteiger partial charge in [-0.25, -0.2) is 4.79 Å². The van der Waals surface area contributed by atoms with E-state index in [1.54, 1.807) is 0 Å². The Bertz CT molecular complexity index is 736. The van der Waals surface area contributed by atoms with Crippen molar-refractivity contribution in [3.05, 3.63) is 29.8 Å². The zero-order chi connectivity index (χ0) is 27.4. The van der Waals surface area contributed by atoms with Gasteiger partial charge in [0.1, 0.15) is 26.2 Å². The second-order valence-electron chi connectivity index (χ2n) is 8.09. The quantitative estimate of drug-likeness (QED) is 0.148. The van der Waals surface area contributed by atoms with Crippen molar-refractivity contribution in [3.63, 3.8) is 0 Å². The molecule has 1 aromatic carbocycles. The lowest BCUT2D eigenvalue weighted by Crippen LogP contribution is -2.49. The third-order valence-electron chi connectivity index (χ3n) is 4.02. The Morgan fingerprint density at radius 1 is 0.882 bits per heavy atom. The predicted octanol–water partition coefficient (Wildman–Crippen LogP) is -2.01. The molecule has 1 aromatic rings. The van der Waals surface area contributed by atoms with E-state index in [0.717, 1.165) is 18.1 Å². The molecule has 202 valence electrons. The van der Waals surface area contributed by atoms with Crippen LogP contribution in [0.2, 0.25) is 0 Å². The molecule has 0 amide bonds. The Morgan fingerprint density at radius 2 is 1.24 bits per heavy atom. The van der Waals surface area contributed by atoms with Crippen LogP contribution in [0.1, 0.15) is 10.4 Å². The number of carboxylic acid groups (broad SMARTS) is 1. The maximum atomic E-state index is 10.7. The van der Waals surface area contributed by atoms with Crippen LogP contribution in [-0.2, 0) is 14.6 Å². The maximum Gasteiger partial charge on any atom is 0.397 e. The number of aliphatic hydroxyl groups excluding tert-OH is 4. The highest BCUT2D eigenvalue weighted by Crippen LogP contribution is 2.10. The number of carboxylic acids is 1. The number of aromatic carboxylic acids is 1. The molecule has 0 aromatic heterocycles. The minimum Gasteiger partial charge on any atom is -0.872 e. The fourth-order valence-electron chi connectivity index (χ4n) is 2.00. The summed E-state index contributed by atoms with van der Waals surface area (Å²) >= 11 is 0. The van der Waals surface area contributed by atoms with Gasteiger partial charge in [-0.15, -0.1) is 0 Å². The number of quaternary nitrogens is 2. The number of para-hydroxylation sites is 1. The topological polar surface area (TPSA) is 205 Å². The molecule has 14 heteroatoms. The molecular weight excluding hydrogens is 476 g/mol. The summed E-state index contributed by atoms with van der Waals surface area (Å²) in [6.45, 7) is 3.15. The van der Waals surface area contributed by atoms with Crippen LogP contribution in [0.4, 0.5) is 0 Å². The van der Waals surface area contributed by atoms with Crippen LogP contribution in [0.5, 0.6) is 5.75 Å². The highest BCUT2D eigenvalue weighted by Gasteiger charge is 2.18. The molecule has 0 aliphatic carbocycles. The fraction of sp³-hybridized carbons (Fsp3) is 0.650. The Morgan fingerprint density at radius 3 is 1.41 bits per heavy atom. The molecule has 1 rings (SSSR count). The molecule has 13 nitrogen and oxygen atoms in total. The van der Waals surface area contributed by atoms with Crippen molar-refractivity contribution in [1.82, 2.24) is 0 Å². The zero-order valence-electron chi connectivity index (χ0n) is 20.5. The van der Waals surface area contributed by atoms with Crippen LogP contribution >= 0.6 is 0 Å². The summed E-state index contributed by atoms with van der Waals surface area (Å²) in [4.78, 5) is 10.2. The van der Waals surface area contributed by atoms with Gasteiger partial charge in [-0.2, -0.15) is 8.42 Å². The van der Waals surface area contributed by atoms with Gasteiger partial charge in [0.15, 0.2) is 0 Å². The van der Waals surface area contributed by atoms with E-state index >= 15 is 0 Å². The SMILES string of the molecule is COS(=O)(=O)O.C[N+](C)(C)CCO.C[N+](CCO)(CCO)CCO.O=C(O)c1ccccc1[O-]. The van der Waals surface area contributed by atoms with Crippen LogP contribution in [-0.4, -0.2) is 141 Å². The maximum absolute atomic E-state index is 10.7. The Balaban J connectivity index is -0.000000388. The predicted molar refractivity (Wildman–Crippen MR) is 123 cm³/mol. The average molecular weight is 518 g/mol. The lowest BCUT2D eigenvalue weighted by Gasteiger charge is -2.32. The number of benzene rings is 1. The molecule has 0 aliphatic rings. The summed E-state index contributed by atoms with van der Waals surface area (Å²) in [5, 5.41) is 53.5. The standard InChI is InChI=1S/C7H18NO3.C7H6O3.C5H14NO.CH4O4S/c1-8(2-5-9,3-6-10)4-7-11;8-6-4-2-1-3-5(6)7(9)10;1-6(2,3)4-5-7;1-5-6(2,3)4/h9-11H,2-7H2,1H3;1-4,8H,(H,9,10);7H,4-5H2,1-3H3;1H3,(H,2,3,4)/q+1;;+1;/p-1. The molecule has 0 bridgehead atoms. The molecule has 0 unspecified atom stereocenters. The molecule has 6 N–H and O–H groups in total. The number of nitrogens with zero attached hydrogens (tertiary/aromatic N) is 2. The summed E-state index contributed by atoms with van der Waals surface area (Å²) < 4.78 is 31.1. The van der Waals surface area contributed by atoms with Gasteiger partial charge in [-0.05, 0) is 6.07 Å². The minimum atomic E-state index is -4.16. The first-order chi connectivity index (χ1) is 15.5. The highest BCUT2D eigenvalue weighted by atomic mass is 32.3. The normalized spacial score (nSPS) is 11.1. The van der Waals surface area contributed by atoms with Crippen molar-refractivity contribution in [2.24, 2.45) is 0 Å². The molecule has 0 fully saturated rings. The third-order valence-corrected chi connectivity index (χ3v) is 4.44. The molecule has 0 aliphatic heterocycles. The molecule has 0 radical (unpaired) electrons. The first kappa shape index (κ1) is 36.7.